The number of fused-ring (bicyclic) bond motifs is 1. The summed E-state index contributed by atoms with van der Waals surface area (Å²) < 4.78 is 39.9. The molecule has 8 heteroatoms. The number of para-hydroxylation sites is 1. The summed E-state index contributed by atoms with van der Waals surface area (Å²) in [6.45, 7) is -1.50. The molecule has 1 aliphatic rings. The molecule has 2 aromatic carbocycles. The summed E-state index contributed by atoms with van der Waals surface area (Å²) in [6.07, 6.45) is 2.13. The molecule has 0 fully saturated rings. The van der Waals surface area contributed by atoms with E-state index in [1.807, 2.05) is 12.1 Å². The lowest BCUT2D eigenvalue weighted by Crippen LogP contribution is -2.28. The summed E-state index contributed by atoms with van der Waals surface area (Å²) in [5.74, 6) is 0.977. The first-order chi connectivity index (χ1) is 13.6. The zero-order valence-corrected chi connectivity index (χ0v) is 15.3. The number of benzene rings is 2. The van der Waals surface area contributed by atoms with Gasteiger partial charge < -0.3 is 18.9 Å². The Hall–Kier alpha value is -3.16. The van der Waals surface area contributed by atoms with Crippen LogP contribution < -0.4 is 14.4 Å². The highest BCUT2D eigenvalue weighted by molar-refractivity contribution is 5.61. The van der Waals surface area contributed by atoms with Crippen molar-refractivity contribution in [3.8, 4) is 22.9 Å². The summed E-state index contributed by atoms with van der Waals surface area (Å²) in [4.78, 5) is 6.67. The average molecular weight is 387 g/mol. The first-order valence-corrected chi connectivity index (χ1v) is 8.92. The highest BCUT2D eigenvalue weighted by atomic mass is 19.3. The number of hydrogen-bond donors (Lipinski definition) is 0. The summed E-state index contributed by atoms with van der Waals surface area (Å²) in [5.41, 5.74) is 3.09. The van der Waals surface area contributed by atoms with Crippen LogP contribution in [0.15, 0.2) is 47.0 Å². The lowest BCUT2D eigenvalue weighted by atomic mass is 10.0. The molecule has 0 aliphatic carbocycles. The lowest BCUT2D eigenvalue weighted by molar-refractivity contribution is -0.0512. The van der Waals surface area contributed by atoms with Crippen molar-refractivity contribution in [3.63, 3.8) is 0 Å². The number of nitrogens with zero attached hydrogens (tertiary/aromatic N) is 3. The third kappa shape index (κ3) is 3.76. The van der Waals surface area contributed by atoms with Gasteiger partial charge in [0.15, 0.2) is 11.5 Å². The number of methoxy groups -OCH3 is 1. The molecule has 1 aromatic heterocycles. The molecule has 0 N–H and O–H groups in total. The number of anilines is 1. The van der Waals surface area contributed by atoms with Gasteiger partial charge in [-0.25, -0.2) is 0 Å². The van der Waals surface area contributed by atoms with Crippen LogP contribution in [0.2, 0.25) is 0 Å². The highest BCUT2D eigenvalue weighted by Crippen LogP contribution is 2.33. The summed E-state index contributed by atoms with van der Waals surface area (Å²) in [5, 5.41) is 4.02. The van der Waals surface area contributed by atoms with Gasteiger partial charge in [-0.15, -0.1) is 0 Å². The monoisotopic (exact) mass is 387 g/mol. The Morgan fingerprint density at radius 2 is 2.04 bits per heavy atom. The highest BCUT2D eigenvalue weighted by Gasteiger charge is 2.20. The minimum atomic E-state index is -2.93. The van der Waals surface area contributed by atoms with Gasteiger partial charge in [-0.05, 0) is 42.7 Å². The van der Waals surface area contributed by atoms with E-state index in [4.69, 9.17) is 9.26 Å². The fraction of sp³-hybridized carbons (Fsp3) is 0.300. The van der Waals surface area contributed by atoms with Gasteiger partial charge in [0, 0.05) is 17.8 Å². The van der Waals surface area contributed by atoms with Crippen LogP contribution in [0.1, 0.15) is 17.9 Å². The second-order valence-electron chi connectivity index (χ2n) is 6.41. The molecule has 0 amide bonds. The van der Waals surface area contributed by atoms with Crippen LogP contribution in [-0.4, -0.2) is 30.4 Å². The molecule has 0 radical (unpaired) electrons. The van der Waals surface area contributed by atoms with Crippen molar-refractivity contribution < 1.29 is 22.8 Å². The van der Waals surface area contributed by atoms with Crippen molar-refractivity contribution in [1.82, 2.24) is 10.1 Å². The molecular formula is C20H19F2N3O3. The number of alkyl halides is 2. The quantitative estimate of drug-likeness (QED) is 0.629. The molecule has 1 aliphatic heterocycles. The first-order valence-electron chi connectivity index (χ1n) is 8.92. The number of ether oxygens (including phenoxy) is 2. The summed E-state index contributed by atoms with van der Waals surface area (Å²) >= 11 is 0. The molecule has 0 saturated carbocycles. The molecular weight excluding hydrogens is 368 g/mol. The molecule has 3 aromatic rings. The van der Waals surface area contributed by atoms with Crippen molar-refractivity contribution >= 4 is 5.69 Å². The van der Waals surface area contributed by atoms with Gasteiger partial charge in [0.1, 0.15) is 0 Å². The maximum Gasteiger partial charge on any atom is 0.387 e. The van der Waals surface area contributed by atoms with Crippen molar-refractivity contribution in [2.45, 2.75) is 26.0 Å². The largest absolute Gasteiger partial charge is 0.493 e. The number of hydrogen-bond acceptors (Lipinski definition) is 6. The summed E-state index contributed by atoms with van der Waals surface area (Å²) in [6, 6.07) is 12.8. The van der Waals surface area contributed by atoms with E-state index in [2.05, 4.69) is 31.9 Å². The third-order valence-corrected chi connectivity index (χ3v) is 4.64. The van der Waals surface area contributed by atoms with Crippen LogP contribution in [0, 0.1) is 0 Å². The molecule has 2 heterocycles. The first kappa shape index (κ1) is 18.2. The van der Waals surface area contributed by atoms with Crippen molar-refractivity contribution in [2.24, 2.45) is 0 Å². The van der Waals surface area contributed by atoms with Crippen LogP contribution >= 0.6 is 0 Å². The number of rotatable bonds is 6. The predicted molar refractivity (Wildman–Crippen MR) is 98.7 cm³/mol. The van der Waals surface area contributed by atoms with Crippen molar-refractivity contribution in [1.29, 1.82) is 0 Å². The Labute approximate surface area is 160 Å². The van der Waals surface area contributed by atoms with Gasteiger partial charge >= 0.3 is 6.61 Å². The van der Waals surface area contributed by atoms with Crippen LogP contribution in [0.25, 0.3) is 11.4 Å². The molecule has 146 valence electrons. The van der Waals surface area contributed by atoms with Crippen LogP contribution in [0.3, 0.4) is 0 Å². The van der Waals surface area contributed by atoms with E-state index in [-0.39, 0.29) is 11.5 Å². The molecule has 0 spiro atoms. The van der Waals surface area contributed by atoms with Gasteiger partial charge in [0.05, 0.1) is 13.7 Å². The fourth-order valence-electron chi connectivity index (χ4n) is 3.38. The van der Waals surface area contributed by atoms with E-state index in [1.165, 1.54) is 24.4 Å². The van der Waals surface area contributed by atoms with Gasteiger partial charge in [-0.2, -0.15) is 13.8 Å². The van der Waals surface area contributed by atoms with Gasteiger partial charge in [0.2, 0.25) is 11.7 Å². The molecule has 6 nitrogen and oxygen atoms in total. The number of halogens is 2. The van der Waals surface area contributed by atoms with Crippen LogP contribution in [0.4, 0.5) is 14.5 Å². The SMILES string of the molecule is COc1cc(-c2noc(CN3CCCc4ccccc43)n2)ccc1OC(F)F. The Bertz CT molecular complexity index is 961. The minimum absolute atomic E-state index is 0.0464. The standard InChI is InChI=1S/C20H19F2N3O3/c1-26-17-11-14(8-9-16(17)27-20(21)22)19-23-18(28-24-19)12-25-10-4-6-13-5-2-3-7-15(13)25/h2-3,5,7-9,11,20H,4,6,10,12H2,1H3. The second-order valence-corrected chi connectivity index (χ2v) is 6.41. The zero-order valence-electron chi connectivity index (χ0n) is 15.3. The van der Waals surface area contributed by atoms with E-state index >= 15 is 0 Å². The Balaban J connectivity index is 1.54. The van der Waals surface area contributed by atoms with E-state index in [1.54, 1.807) is 12.1 Å². The topological polar surface area (TPSA) is 60.6 Å². The Morgan fingerprint density at radius 3 is 2.86 bits per heavy atom. The van der Waals surface area contributed by atoms with Gasteiger partial charge in [0.25, 0.3) is 0 Å². The van der Waals surface area contributed by atoms with Crippen molar-refractivity contribution in [3.05, 3.63) is 53.9 Å². The van der Waals surface area contributed by atoms with Crippen LogP contribution in [0.5, 0.6) is 11.5 Å². The summed E-state index contributed by atoms with van der Waals surface area (Å²) in [7, 11) is 1.38. The van der Waals surface area contributed by atoms with E-state index < -0.39 is 6.61 Å². The van der Waals surface area contributed by atoms with Crippen LogP contribution in [-0.2, 0) is 13.0 Å². The lowest BCUT2D eigenvalue weighted by Gasteiger charge is -2.29. The maximum atomic E-state index is 12.5. The molecule has 0 bridgehead atoms. The van der Waals surface area contributed by atoms with Gasteiger partial charge in [-0.1, -0.05) is 23.4 Å². The van der Waals surface area contributed by atoms with E-state index in [0.717, 1.165) is 19.4 Å². The predicted octanol–water partition coefficient (Wildman–Crippen LogP) is 4.30. The molecule has 28 heavy (non-hydrogen) atoms. The Kier molecular flexibility index (Phi) is 5.10. The Morgan fingerprint density at radius 1 is 1.18 bits per heavy atom. The fourth-order valence-corrected chi connectivity index (χ4v) is 3.38. The zero-order chi connectivity index (χ0) is 19.5. The van der Waals surface area contributed by atoms with E-state index in [0.29, 0.717) is 23.8 Å². The van der Waals surface area contributed by atoms with E-state index in [9.17, 15) is 8.78 Å². The normalized spacial score (nSPS) is 13.5. The minimum Gasteiger partial charge on any atom is -0.493 e. The maximum absolute atomic E-state index is 12.5. The van der Waals surface area contributed by atoms with Gasteiger partial charge in [-0.3, -0.25) is 0 Å². The molecule has 4 rings (SSSR count). The number of aryl methyl sites for hydroxylation is 1. The third-order valence-electron chi connectivity index (χ3n) is 4.64. The molecule has 0 atom stereocenters. The number of aromatic nitrogens is 2. The average Bonchev–Trinajstić information content (AvgIpc) is 3.17. The molecule has 0 saturated heterocycles. The molecule has 0 unspecified atom stereocenters. The second kappa shape index (κ2) is 7.84. The smallest absolute Gasteiger partial charge is 0.387 e. The van der Waals surface area contributed by atoms with Crippen molar-refractivity contribution in [2.75, 3.05) is 18.6 Å².